The van der Waals surface area contributed by atoms with Crippen LogP contribution >= 0.6 is 0 Å². The molecule has 13 heteroatoms. The number of amidine groups is 1. The molecule has 180 valence electrons. The van der Waals surface area contributed by atoms with E-state index in [1.54, 1.807) is 12.1 Å². The SMILES string of the molecule is CC(C)(O)C#Cc1ccc2c(c1)C1(COC(N)=N1)c1cc(OS(=O)(=O)C(F)(F)F)c(F)cc1O2. The maximum Gasteiger partial charge on any atom is 0.534 e. The molecule has 0 amide bonds. The first-order valence-electron chi connectivity index (χ1n) is 9.52. The van der Waals surface area contributed by atoms with Crippen LogP contribution in [-0.4, -0.2) is 37.3 Å². The van der Waals surface area contributed by atoms with Gasteiger partial charge in [0.1, 0.15) is 23.7 Å². The van der Waals surface area contributed by atoms with Crippen LogP contribution in [0.5, 0.6) is 17.2 Å². The van der Waals surface area contributed by atoms with Gasteiger partial charge in [-0.05, 0) is 38.1 Å². The molecule has 8 nitrogen and oxygen atoms in total. The molecule has 0 aliphatic carbocycles. The first-order valence-corrected chi connectivity index (χ1v) is 10.9. The monoisotopic (exact) mass is 500 g/mol. The van der Waals surface area contributed by atoms with Crippen LogP contribution in [0.4, 0.5) is 17.6 Å². The molecule has 2 aromatic carbocycles. The number of aliphatic hydroxyl groups is 1. The lowest BCUT2D eigenvalue weighted by molar-refractivity contribution is -0.0501. The van der Waals surface area contributed by atoms with Crippen molar-refractivity contribution in [3.05, 3.63) is 52.8 Å². The summed E-state index contributed by atoms with van der Waals surface area (Å²) < 4.78 is 90.8. The molecule has 1 atom stereocenters. The molecule has 4 rings (SSSR count). The highest BCUT2D eigenvalue weighted by atomic mass is 32.2. The second-order valence-electron chi connectivity index (χ2n) is 7.98. The molecule has 0 saturated heterocycles. The topological polar surface area (TPSA) is 120 Å². The van der Waals surface area contributed by atoms with Crippen molar-refractivity contribution < 1.29 is 44.7 Å². The number of rotatable bonds is 2. The number of nitrogens with two attached hydrogens (primary N) is 1. The van der Waals surface area contributed by atoms with Crippen molar-refractivity contribution in [2.24, 2.45) is 10.7 Å². The molecular formula is C21H16F4N2O6S. The van der Waals surface area contributed by atoms with E-state index in [0.717, 1.165) is 6.07 Å². The Balaban J connectivity index is 1.89. The van der Waals surface area contributed by atoms with Crippen molar-refractivity contribution >= 4 is 16.1 Å². The second-order valence-corrected chi connectivity index (χ2v) is 9.52. The van der Waals surface area contributed by atoms with E-state index in [0.29, 0.717) is 17.2 Å². The number of benzene rings is 2. The largest absolute Gasteiger partial charge is 0.534 e. The number of halogens is 4. The van der Waals surface area contributed by atoms with Crippen LogP contribution in [0.25, 0.3) is 0 Å². The number of hydrogen-bond donors (Lipinski definition) is 2. The highest BCUT2D eigenvalue weighted by molar-refractivity contribution is 7.88. The van der Waals surface area contributed by atoms with Gasteiger partial charge in [0.15, 0.2) is 17.1 Å². The maximum absolute atomic E-state index is 14.5. The van der Waals surface area contributed by atoms with Crippen molar-refractivity contribution in [1.82, 2.24) is 0 Å². The Morgan fingerprint density at radius 2 is 1.85 bits per heavy atom. The van der Waals surface area contributed by atoms with Gasteiger partial charge in [0.25, 0.3) is 6.02 Å². The Hall–Kier alpha value is -3.50. The van der Waals surface area contributed by atoms with Crippen molar-refractivity contribution in [2.75, 3.05) is 6.61 Å². The first-order chi connectivity index (χ1) is 15.6. The lowest BCUT2D eigenvalue weighted by Crippen LogP contribution is -2.32. The minimum absolute atomic E-state index is 0.0400. The van der Waals surface area contributed by atoms with E-state index < -0.39 is 38.3 Å². The molecule has 0 radical (unpaired) electrons. The Labute approximate surface area is 191 Å². The molecule has 2 aliphatic rings. The molecule has 3 N–H and O–H groups in total. The molecule has 2 heterocycles. The molecule has 2 aliphatic heterocycles. The standard InChI is InChI=1S/C21H16F4N2O6S/c1-19(2,28)6-5-11-3-4-15-12(7-11)20(10-31-18(26)27-20)13-8-17(14(22)9-16(13)32-15)33-34(29,30)21(23,24)25/h3-4,7-9,28H,10H2,1-2H3,(H2,26,27). The molecule has 34 heavy (non-hydrogen) atoms. The Morgan fingerprint density at radius 3 is 2.44 bits per heavy atom. The lowest BCUT2D eigenvalue weighted by Gasteiger charge is -2.33. The summed E-state index contributed by atoms with van der Waals surface area (Å²) in [4.78, 5) is 4.27. The fourth-order valence-electron chi connectivity index (χ4n) is 3.39. The summed E-state index contributed by atoms with van der Waals surface area (Å²) in [5.41, 5.74) is -2.17. The van der Waals surface area contributed by atoms with Crippen molar-refractivity contribution in [3.63, 3.8) is 0 Å². The molecule has 0 aromatic heterocycles. The Bertz CT molecular complexity index is 1390. The summed E-state index contributed by atoms with van der Waals surface area (Å²) in [6, 6.07) is 5.79. The molecule has 0 fully saturated rings. The Kier molecular flexibility index (Phi) is 5.22. The molecule has 0 bridgehead atoms. The third-order valence-corrected chi connectivity index (χ3v) is 5.82. The van der Waals surface area contributed by atoms with Crippen LogP contribution in [0.2, 0.25) is 0 Å². The van der Waals surface area contributed by atoms with Gasteiger partial charge >= 0.3 is 15.6 Å². The quantitative estimate of drug-likeness (QED) is 0.282. The van der Waals surface area contributed by atoms with Gasteiger partial charge in [-0.3, -0.25) is 0 Å². The van der Waals surface area contributed by atoms with Crippen molar-refractivity contribution in [1.29, 1.82) is 0 Å². The molecule has 0 saturated carbocycles. The zero-order valence-corrected chi connectivity index (χ0v) is 18.3. The molecule has 1 spiro atoms. The minimum atomic E-state index is -6.15. The third kappa shape index (κ3) is 4.10. The molecule has 1 unspecified atom stereocenters. The van der Waals surface area contributed by atoms with Crippen LogP contribution < -0.4 is 14.7 Å². The summed E-state index contributed by atoms with van der Waals surface area (Å²) in [6.07, 6.45) is 0. The van der Waals surface area contributed by atoms with Crippen LogP contribution in [-0.2, 0) is 20.4 Å². The number of alkyl halides is 3. The van der Waals surface area contributed by atoms with Gasteiger partial charge in [0.05, 0.1) is 0 Å². The summed E-state index contributed by atoms with van der Waals surface area (Å²) >= 11 is 0. The normalized spacial score (nSPS) is 19.2. The van der Waals surface area contributed by atoms with E-state index in [-0.39, 0.29) is 29.7 Å². The summed E-state index contributed by atoms with van der Waals surface area (Å²) in [5.74, 6) is 2.86. The lowest BCUT2D eigenvalue weighted by atomic mass is 9.80. The van der Waals surface area contributed by atoms with Gasteiger partial charge in [-0.1, -0.05) is 11.8 Å². The van der Waals surface area contributed by atoms with Crippen LogP contribution in [0.15, 0.2) is 35.3 Å². The zero-order chi connectivity index (χ0) is 25.1. The first kappa shape index (κ1) is 23.7. The predicted octanol–water partition coefficient (Wildman–Crippen LogP) is 2.87. The van der Waals surface area contributed by atoms with E-state index in [4.69, 9.17) is 15.2 Å². The third-order valence-electron chi connectivity index (χ3n) is 4.85. The number of aliphatic imine (C=N–C) groups is 1. The summed E-state index contributed by atoms with van der Waals surface area (Å²) in [6.45, 7) is 2.72. The highest BCUT2D eigenvalue weighted by Crippen LogP contribution is 2.52. The van der Waals surface area contributed by atoms with Crippen molar-refractivity contribution in [3.8, 4) is 29.1 Å². The summed E-state index contributed by atoms with van der Waals surface area (Å²) in [7, 11) is -6.15. The van der Waals surface area contributed by atoms with E-state index in [1.807, 2.05) is 0 Å². The minimum Gasteiger partial charge on any atom is -0.462 e. The number of ether oxygens (including phenoxy) is 2. The highest BCUT2D eigenvalue weighted by Gasteiger charge is 2.51. The van der Waals surface area contributed by atoms with E-state index >= 15 is 0 Å². The van der Waals surface area contributed by atoms with Gasteiger partial charge in [-0.15, -0.1) is 0 Å². The average Bonchev–Trinajstić information content (AvgIpc) is 3.09. The maximum atomic E-state index is 14.5. The molecule has 2 aromatic rings. The average molecular weight is 500 g/mol. The second kappa shape index (κ2) is 7.51. The van der Waals surface area contributed by atoms with Gasteiger partial charge in [-0.25, -0.2) is 9.38 Å². The van der Waals surface area contributed by atoms with Crippen LogP contribution in [0.3, 0.4) is 0 Å². The number of fused-ring (bicyclic) bond motifs is 4. The van der Waals surface area contributed by atoms with Gasteiger partial charge in [0.2, 0.25) is 0 Å². The van der Waals surface area contributed by atoms with E-state index in [2.05, 4.69) is 21.0 Å². The van der Waals surface area contributed by atoms with Crippen molar-refractivity contribution in [2.45, 2.75) is 30.5 Å². The Morgan fingerprint density at radius 1 is 1.18 bits per heavy atom. The predicted molar refractivity (Wildman–Crippen MR) is 110 cm³/mol. The number of nitrogens with zero attached hydrogens (tertiary/aromatic N) is 1. The zero-order valence-electron chi connectivity index (χ0n) is 17.5. The van der Waals surface area contributed by atoms with Gasteiger partial charge in [-0.2, -0.15) is 21.6 Å². The molecular weight excluding hydrogens is 484 g/mol. The van der Waals surface area contributed by atoms with Crippen LogP contribution in [0.1, 0.15) is 30.5 Å². The van der Waals surface area contributed by atoms with Gasteiger partial charge in [0, 0.05) is 22.8 Å². The smallest absolute Gasteiger partial charge is 0.462 e. The van der Waals surface area contributed by atoms with E-state index in [9.17, 15) is 31.1 Å². The van der Waals surface area contributed by atoms with E-state index in [1.165, 1.54) is 19.9 Å². The van der Waals surface area contributed by atoms with Gasteiger partial charge < -0.3 is 24.5 Å². The fraction of sp³-hybridized carbons (Fsp3) is 0.286. The van der Waals surface area contributed by atoms with Crippen LogP contribution in [0, 0.1) is 17.7 Å². The summed E-state index contributed by atoms with van der Waals surface area (Å²) in [5, 5.41) is 9.86. The number of hydrogen-bond acceptors (Lipinski definition) is 8. The fourth-order valence-corrected chi connectivity index (χ4v) is 3.85.